The fourth-order valence-corrected chi connectivity index (χ4v) is 5.86. The molecule has 15 atom stereocenters. The molecule has 3 aliphatic heterocycles. The van der Waals surface area contributed by atoms with Gasteiger partial charge in [0.2, 0.25) is 0 Å². The van der Waals surface area contributed by atoms with Gasteiger partial charge in [-0.1, -0.05) is 30.0 Å². The lowest BCUT2D eigenvalue weighted by Crippen LogP contribution is -2.66. The van der Waals surface area contributed by atoms with Crippen molar-refractivity contribution in [3.8, 4) is 0 Å². The third-order valence-corrected chi connectivity index (χ3v) is 8.23. The van der Waals surface area contributed by atoms with Gasteiger partial charge in [0.25, 0.3) is 0 Å². The quantitative estimate of drug-likeness (QED) is 0.128. The van der Waals surface area contributed by atoms with Gasteiger partial charge in [-0.05, 0) is 12.1 Å². The van der Waals surface area contributed by atoms with Gasteiger partial charge < -0.3 is 74.7 Å². The van der Waals surface area contributed by atoms with Gasteiger partial charge >= 0.3 is 0 Å². The van der Waals surface area contributed by atoms with Crippen LogP contribution in [0.2, 0.25) is 0 Å². The van der Waals surface area contributed by atoms with E-state index in [1.165, 1.54) is 0 Å². The molecule has 0 amide bonds. The highest BCUT2D eigenvalue weighted by molar-refractivity contribution is 7.99. The Morgan fingerprint density at radius 2 is 1.02 bits per heavy atom. The first-order chi connectivity index (χ1) is 19.1. The van der Waals surface area contributed by atoms with Crippen LogP contribution in [0.25, 0.3) is 0 Å². The molecule has 1 aromatic rings. The Morgan fingerprint density at radius 3 is 1.57 bits per heavy atom. The van der Waals surface area contributed by atoms with Crippen LogP contribution in [-0.4, -0.2) is 162 Å². The molecule has 0 unspecified atom stereocenters. The summed E-state index contributed by atoms with van der Waals surface area (Å²) in [7, 11) is 0. The normalized spacial score (nSPS) is 46.3. The van der Waals surface area contributed by atoms with E-state index in [0.717, 1.165) is 16.7 Å². The summed E-state index contributed by atoms with van der Waals surface area (Å²) in [4.78, 5) is 0.736. The van der Waals surface area contributed by atoms with Gasteiger partial charge in [-0.3, -0.25) is 0 Å². The van der Waals surface area contributed by atoms with E-state index in [1.807, 2.05) is 0 Å². The molecular formula is C24H36O15S. The SMILES string of the molecule is OC[C@H]1O[C@H](O[C@@H]2[C@H](O)[C@@H](O)[C@H](O[C@H]3[C@H](O)[C@@H](O)[C@H](Sc4ccccc4)O[C@@H]3CO)O[C@@H]2CO)[C@H](O)[C@@H](O)[C@H]1O. The molecule has 40 heavy (non-hydrogen) atoms. The second kappa shape index (κ2) is 14.0. The molecule has 0 radical (unpaired) electrons. The van der Waals surface area contributed by atoms with Crippen LogP contribution in [0.4, 0.5) is 0 Å². The molecule has 0 bridgehead atoms. The monoisotopic (exact) mass is 596 g/mol. The Bertz CT molecular complexity index is 910. The molecule has 15 nitrogen and oxygen atoms in total. The standard InChI is InChI=1S/C24H36O15S/c25-6-10-13(28)14(29)17(32)22(35-10)38-20-11(7-26)36-23(18(33)15(20)30)39-21-12(8-27)37-24(19(34)16(21)31)40-9-4-2-1-3-5-9/h1-5,10-34H,6-8H2/t10-,11-,12-,13+,14+,15-,16-,17-,18-,19-,20+,21-,22-,23+,24+/m1/s1. The van der Waals surface area contributed by atoms with Gasteiger partial charge in [0.05, 0.1) is 19.8 Å². The predicted octanol–water partition coefficient (Wildman–Crippen LogP) is -4.77. The molecule has 0 aliphatic carbocycles. The average Bonchev–Trinajstić information content (AvgIpc) is 2.96. The Labute approximate surface area is 233 Å². The molecular weight excluding hydrogens is 560 g/mol. The van der Waals surface area contributed by atoms with Crippen LogP contribution in [0, 0.1) is 0 Å². The van der Waals surface area contributed by atoms with Gasteiger partial charge in [-0.15, -0.1) is 0 Å². The van der Waals surface area contributed by atoms with E-state index >= 15 is 0 Å². The van der Waals surface area contributed by atoms with Crippen molar-refractivity contribution in [3.05, 3.63) is 30.3 Å². The fourth-order valence-electron chi connectivity index (χ4n) is 4.77. The summed E-state index contributed by atoms with van der Waals surface area (Å²) in [6, 6.07) is 8.91. The number of ether oxygens (including phenoxy) is 5. The molecule has 3 heterocycles. The van der Waals surface area contributed by atoms with E-state index < -0.39 is 111 Å². The number of hydrogen-bond donors (Lipinski definition) is 10. The van der Waals surface area contributed by atoms with Gasteiger partial charge in [0, 0.05) is 4.90 Å². The summed E-state index contributed by atoms with van der Waals surface area (Å²) >= 11 is 1.12. The van der Waals surface area contributed by atoms with E-state index in [2.05, 4.69) is 0 Å². The highest BCUT2D eigenvalue weighted by Crippen LogP contribution is 2.36. The minimum Gasteiger partial charge on any atom is -0.394 e. The van der Waals surface area contributed by atoms with Crippen molar-refractivity contribution in [3.63, 3.8) is 0 Å². The van der Waals surface area contributed by atoms with Gasteiger partial charge in [0.15, 0.2) is 12.6 Å². The van der Waals surface area contributed by atoms with Crippen molar-refractivity contribution in [2.75, 3.05) is 19.8 Å². The third-order valence-electron chi connectivity index (χ3n) is 7.07. The minimum atomic E-state index is -1.88. The Kier molecular flexibility index (Phi) is 11.1. The molecule has 3 aliphatic rings. The smallest absolute Gasteiger partial charge is 0.187 e. The molecule has 3 fully saturated rings. The molecule has 0 spiro atoms. The Balaban J connectivity index is 1.43. The minimum absolute atomic E-state index is 0.641. The molecule has 4 rings (SSSR count). The number of rotatable bonds is 9. The number of aliphatic hydroxyl groups is 10. The summed E-state index contributed by atoms with van der Waals surface area (Å²) in [6.45, 7) is -2.17. The number of thioether (sulfide) groups is 1. The molecule has 0 saturated carbocycles. The summed E-state index contributed by atoms with van der Waals surface area (Å²) in [6.07, 6.45) is -22.4. The van der Waals surface area contributed by atoms with Crippen LogP contribution in [0.3, 0.4) is 0 Å². The maximum absolute atomic E-state index is 10.8. The number of benzene rings is 1. The van der Waals surface area contributed by atoms with E-state index in [-0.39, 0.29) is 0 Å². The average molecular weight is 597 g/mol. The van der Waals surface area contributed by atoms with Crippen LogP contribution >= 0.6 is 11.8 Å². The van der Waals surface area contributed by atoms with Gasteiger partial charge in [0.1, 0.15) is 78.7 Å². The van der Waals surface area contributed by atoms with Crippen molar-refractivity contribution in [2.24, 2.45) is 0 Å². The van der Waals surface area contributed by atoms with Crippen LogP contribution in [0.15, 0.2) is 35.2 Å². The first kappa shape index (κ1) is 31.9. The Hall–Kier alpha value is -1.03. The first-order valence-electron chi connectivity index (χ1n) is 12.7. The lowest BCUT2D eigenvalue weighted by atomic mass is 9.96. The van der Waals surface area contributed by atoms with E-state index in [0.29, 0.717) is 0 Å². The topological polar surface area (TPSA) is 248 Å². The fraction of sp³-hybridized carbons (Fsp3) is 0.750. The molecule has 3 saturated heterocycles. The maximum atomic E-state index is 10.8. The van der Waals surface area contributed by atoms with Crippen LogP contribution in [0.1, 0.15) is 0 Å². The van der Waals surface area contributed by atoms with Crippen LogP contribution < -0.4 is 0 Å². The van der Waals surface area contributed by atoms with Crippen LogP contribution in [0.5, 0.6) is 0 Å². The predicted molar refractivity (Wildman–Crippen MR) is 131 cm³/mol. The van der Waals surface area contributed by atoms with Crippen molar-refractivity contribution in [2.45, 2.75) is 96.2 Å². The van der Waals surface area contributed by atoms with Crippen molar-refractivity contribution in [1.82, 2.24) is 0 Å². The largest absolute Gasteiger partial charge is 0.394 e. The maximum Gasteiger partial charge on any atom is 0.187 e. The zero-order valence-electron chi connectivity index (χ0n) is 21.1. The lowest BCUT2D eigenvalue weighted by molar-refractivity contribution is -0.371. The molecule has 228 valence electrons. The lowest BCUT2D eigenvalue weighted by Gasteiger charge is -2.48. The molecule has 16 heteroatoms. The van der Waals surface area contributed by atoms with E-state index in [4.69, 9.17) is 23.7 Å². The van der Waals surface area contributed by atoms with Gasteiger partial charge in [-0.25, -0.2) is 0 Å². The highest BCUT2D eigenvalue weighted by Gasteiger charge is 2.53. The van der Waals surface area contributed by atoms with E-state index in [1.54, 1.807) is 30.3 Å². The van der Waals surface area contributed by atoms with Gasteiger partial charge in [-0.2, -0.15) is 0 Å². The third kappa shape index (κ3) is 6.63. The molecule has 10 N–H and O–H groups in total. The Morgan fingerprint density at radius 1 is 0.550 bits per heavy atom. The zero-order valence-corrected chi connectivity index (χ0v) is 21.9. The number of aliphatic hydroxyl groups excluding tert-OH is 10. The summed E-state index contributed by atoms with van der Waals surface area (Å²) in [5.41, 5.74) is -0.973. The number of hydrogen-bond acceptors (Lipinski definition) is 16. The van der Waals surface area contributed by atoms with Crippen molar-refractivity contribution >= 4 is 11.8 Å². The zero-order chi connectivity index (χ0) is 29.1. The molecule has 0 aromatic heterocycles. The summed E-state index contributed by atoms with van der Waals surface area (Å²) in [5.74, 6) is 0. The van der Waals surface area contributed by atoms with E-state index in [9.17, 15) is 51.1 Å². The second-order valence-corrected chi connectivity index (χ2v) is 10.9. The van der Waals surface area contributed by atoms with Crippen molar-refractivity contribution in [1.29, 1.82) is 0 Å². The highest BCUT2D eigenvalue weighted by atomic mass is 32.2. The summed E-state index contributed by atoms with van der Waals surface area (Å²) in [5, 5.41) is 102. The summed E-state index contributed by atoms with van der Waals surface area (Å²) < 4.78 is 27.8. The second-order valence-electron chi connectivity index (χ2n) is 9.74. The van der Waals surface area contributed by atoms with Crippen LogP contribution in [-0.2, 0) is 23.7 Å². The van der Waals surface area contributed by atoms with Crippen molar-refractivity contribution < 1.29 is 74.7 Å². The molecule has 1 aromatic carbocycles. The first-order valence-corrected chi connectivity index (χ1v) is 13.6.